The van der Waals surface area contributed by atoms with Crippen molar-refractivity contribution in [3.8, 4) is 0 Å². The molecule has 23 nitrogen and oxygen atoms in total. The molecule has 0 aromatic heterocycles. The van der Waals surface area contributed by atoms with Gasteiger partial charge in [0.25, 0.3) is 0 Å². The molecule has 0 amide bonds. The smallest absolute Gasteiger partial charge is 0.308 e. The Balaban J connectivity index is 0.619. The maximum absolute atomic E-state index is 14.4. The van der Waals surface area contributed by atoms with Gasteiger partial charge < -0.3 is 108 Å². The van der Waals surface area contributed by atoms with Crippen LogP contribution in [0.2, 0.25) is 0 Å². The Kier molecular flexibility index (Phi) is 13.1. The fraction of sp³-hybridized carbons (Fsp3) is 0.912. The summed E-state index contributed by atoms with van der Waals surface area (Å²) in [5.41, 5.74) is 15.5. The Bertz CT molecular complexity index is 2450. The summed E-state index contributed by atoms with van der Waals surface area (Å²) in [7, 11) is 0. The zero-order valence-corrected chi connectivity index (χ0v) is 45.1. The van der Waals surface area contributed by atoms with Crippen molar-refractivity contribution in [1.82, 2.24) is 0 Å². The molecule has 0 aromatic carbocycles. The minimum atomic E-state index is -2.04. The molecule has 23 heteroatoms. The first-order chi connectivity index (χ1) is 38.5. The van der Waals surface area contributed by atoms with Crippen LogP contribution in [0, 0.1) is 0 Å². The van der Waals surface area contributed by atoms with E-state index >= 15 is 0 Å². The van der Waals surface area contributed by atoms with Crippen LogP contribution in [0.4, 0.5) is 0 Å². The van der Waals surface area contributed by atoms with Crippen LogP contribution in [0.3, 0.4) is 0 Å². The molecule has 0 aliphatic carbocycles. The van der Waals surface area contributed by atoms with Gasteiger partial charge in [-0.3, -0.25) is 4.79 Å². The fourth-order valence-electron chi connectivity index (χ4n) is 17.7. The third-order valence-corrected chi connectivity index (χ3v) is 21.6. The lowest BCUT2D eigenvalue weighted by Crippen LogP contribution is -2.65. The summed E-state index contributed by atoms with van der Waals surface area (Å²) in [6.07, 6.45) is -4.27. The highest BCUT2D eigenvalue weighted by molar-refractivity contribution is 5.70. The number of fused-ring (bicyclic) bond motifs is 11. The number of ether oxygens (including phenoxy) is 16. The van der Waals surface area contributed by atoms with E-state index in [1.165, 1.54) is 0 Å². The quantitative estimate of drug-likeness (QED) is 0.162. The van der Waals surface area contributed by atoms with Crippen LogP contribution >= 0.6 is 0 Å². The second kappa shape index (κ2) is 19.6. The van der Waals surface area contributed by atoms with Crippen molar-refractivity contribution in [2.75, 3.05) is 6.61 Å². The molecule has 17 rings (SSSR count). The molecule has 17 aliphatic rings. The summed E-state index contributed by atoms with van der Waals surface area (Å²) >= 11 is 0. The minimum absolute atomic E-state index is 0.0497. The highest BCUT2D eigenvalue weighted by atomic mass is 16.8. The fourth-order valence-corrected chi connectivity index (χ4v) is 17.7. The van der Waals surface area contributed by atoms with E-state index in [0.29, 0.717) is 109 Å². The van der Waals surface area contributed by atoms with Gasteiger partial charge in [-0.1, -0.05) is 13.2 Å². The number of aliphatic hydroxyl groups excluding tert-OH is 3. The van der Waals surface area contributed by atoms with Crippen LogP contribution in [0.15, 0.2) is 24.3 Å². The van der Waals surface area contributed by atoms with Crippen LogP contribution in [0.25, 0.3) is 0 Å². The first-order valence-electron chi connectivity index (χ1n) is 30.3. The summed E-state index contributed by atoms with van der Waals surface area (Å²) in [5, 5.41) is 43.6. The largest absolute Gasteiger partial charge is 0.459 e. The molecule has 17 saturated heterocycles. The van der Waals surface area contributed by atoms with E-state index in [1.54, 1.807) is 0 Å². The number of hydrogen-bond donors (Lipinski definition) is 6. The molecule has 444 valence electrons. The highest BCUT2D eigenvalue weighted by Gasteiger charge is 2.79. The molecule has 0 aromatic rings. The van der Waals surface area contributed by atoms with E-state index in [4.69, 9.17) is 87.3 Å². The number of carbonyl (C=O) groups excluding carboxylic acids is 1. The number of aliphatic hydroxyl groups is 4. The average Bonchev–Trinajstić information content (AvgIpc) is 4.23. The third-order valence-electron chi connectivity index (χ3n) is 21.6. The molecule has 8 N–H and O–H groups in total. The van der Waals surface area contributed by atoms with Crippen LogP contribution in [-0.2, 0) is 80.6 Å². The van der Waals surface area contributed by atoms with Crippen LogP contribution in [0.5, 0.6) is 0 Å². The number of nitrogens with two attached hydrogens (primary N) is 2. The summed E-state index contributed by atoms with van der Waals surface area (Å²) < 4.78 is 107. The Labute approximate surface area is 464 Å². The van der Waals surface area contributed by atoms with Crippen molar-refractivity contribution in [3.05, 3.63) is 24.3 Å². The van der Waals surface area contributed by atoms with E-state index in [0.717, 1.165) is 11.1 Å². The third kappa shape index (κ3) is 8.70. The summed E-state index contributed by atoms with van der Waals surface area (Å²) in [6.45, 7) is 8.45. The molecule has 17 fully saturated rings. The molecule has 17 heterocycles. The number of rotatable bonds is 2. The molecular formula is C57H80N2O21. The Morgan fingerprint density at radius 1 is 0.537 bits per heavy atom. The minimum Gasteiger partial charge on any atom is -0.459 e. The predicted octanol–water partition coefficient (Wildman–Crippen LogP) is 0.513. The van der Waals surface area contributed by atoms with Crippen LogP contribution in [-0.4, -0.2) is 227 Å². The van der Waals surface area contributed by atoms with Gasteiger partial charge in [0.2, 0.25) is 11.6 Å². The van der Waals surface area contributed by atoms with Gasteiger partial charge in [-0.25, -0.2) is 0 Å². The van der Waals surface area contributed by atoms with Gasteiger partial charge in [-0.15, -0.1) is 0 Å². The molecular weight excluding hydrogens is 1050 g/mol. The first-order valence-corrected chi connectivity index (χ1v) is 30.3. The van der Waals surface area contributed by atoms with Crippen molar-refractivity contribution in [2.45, 2.75) is 316 Å². The van der Waals surface area contributed by atoms with Gasteiger partial charge in [-0.05, 0) is 62.5 Å². The van der Waals surface area contributed by atoms with E-state index < -0.39 is 115 Å². The van der Waals surface area contributed by atoms with Crippen molar-refractivity contribution < 1.29 is 101 Å². The zero-order valence-electron chi connectivity index (χ0n) is 45.1. The number of esters is 1. The second-order valence-electron chi connectivity index (χ2n) is 26.7. The van der Waals surface area contributed by atoms with Crippen molar-refractivity contribution in [2.24, 2.45) is 11.5 Å². The second-order valence-corrected chi connectivity index (χ2v) is 26.7. The lowest BCUT2D eigenvalue weighted by Gasteiger charge is -2.53. The van der Waals surface area contributed by atoms with Crippen molar-refractivity contribution in [3.63, 3.8) is 0 Å². The molecule has 80 heavy (non-hydrogen) atoms. The topological polar surface area (TPSA) is 298 Å². The normalized spacial score (nSPS) is 58.9. The highest BCUT2D eigenvalue weighted by Crippen LogP contribution is 2.59. The van der Waals surface area contributed by atoms with Gasteiger partial charge in [0, 0.05) is 76.3 Å². The maximum Gasteiger partial charge on any atom is 0.308 e. The SMILES string of the molecule is C=C1C[C@@H]2CC[C@]34OC5[C@@H]6O[C@H]7CC[C@H](CC(=O)O[C@@H]8CC9OC%10C[C@]%11(C[C@@H]%12O[C@@]%13(CC[C@@H]%12O%11)C[C@H](N)[C@@H]%11O[C@@H]%12C[C@@H]([C@@H](O)CO)O[C@@H]%12C[C@@H]%11O%13)O[C@@H]%10C[C@@H]9O[C@H]8C[C@H]8O[C@@H](CC[C@@H]1O2)C[C@@H](N)C8=C)O[C@@H]7[C@H](O3)[C@@H]6OC5(O)[C@H]4O. The van der Waals surface area contributed by atoms with E-state index in [2.05, 4.69) is 13.2 Å². The molecule has 0 saturated carbocycles. The van der Waals surface area contributed by atoms with Crippen LogP contribution < -0.4 is 11.5 Å². The van der Waals surface area contributed by atoms with Gasteiger partial charge in [0.05, 0.1) is 123 Å². The van der Waals surface area contributed by atoms with Crippen molar-refractivity contribution >= 4 is 5.97 Å². The van der Waals surface area contributed by atoms with Gasteiger partial charge in [0.15, 0.2) is 17.7 Å². The number of hydrogen-bond acceptors (Lipinski definition) is 23. The summed E-state index contributed by atoms with van der Waals surface area (Å²) in [5.74, 6) is -5.98. The Morgan fingerprint density at radius 3 is 2.09 bits per heavy atom. The maximum atomic E-state index is 14.4. The van der Waals surface area contributed by atoms with Gasteiger partial charge in [0.1, 0.15) is 42.7 Å². The first kappa shape index (κ1) is 53.6. The zero-order chi connectivity index (χ0) is 54.4. The molecule has 17 aliphatic heterocycles. The Hall–Kier alpha value is -1.89. The van der Waals surface area contributed by atoms with Crippen LogP contribution in [0.1, 0.15) is 122 Å². The predicted molar refractivity (Wildman–Crippen MR) is 267 cm³/mol. The molecule has 12 bridgehead atoms. The summed E-state index contributed by atoms with van der Waals surface area (Å²) in [4.78, 5) is 14.4. The monoisotopic (exact) mass is 1130 g/mol. The van der Waals surface area contributed by atoms with Gasteiger partial charge >= 0.3 is 5.97 Å². The van der Waals surface area contributed by atoms with E-state index in [1.807, 2.05) is 0 Å². The standard InChI is InChI=1S/C57H80N2O21/c1-23-11-27-7-10-56-53(63)57(64)52(80-56)51-50(79-57)49(78-56)48-33(72-51)6-4-26(67-48)13-46(62)71-40-16-37-38(69-36(40)14-34-24(2)28(58)12-25(66-34)3-5-31(23)65-27)17-42-44(70-37)20-55(75-42)21-45-32(74-55)8-9-54(77-45)19-29(59)47-43(76-54)18-39-41(73-47)15-35(68-39)30(61)22-60/h25-45,47-53,60-61,63-64H,1-22,58-59H2/t25-,26+,27-,28+,29-,30-,31-,32-,33-,34+,35-,36-,37?,38-,39+,40+,41+,42+,43-,44?,45-,47-,48-,49-,50-,51+,52?,53-,54-,55+,56+,57?/m0/s1. The van der Waals surface area contributed by atoms with E-state index in [9.17, 15) is 25.2 Å². The average molecular weight is 1130 g/mol. The molecule has 3 spiro atoms. The van der Waals surface area contributed by atoms with E-state index in [-0.39, 0.29) is 105 Å². The summed E-state index contributed by atoms with van der Waals surface area (Å²) in [6, 6.07) is -0.666. The lowest BCUT2D eigenvalue weighted by atomic mass is 9.84. The Morgan fingerprint density at radius 2 is 1.23 bits per heavy atom. The molecule has 32 atom stereocenters. The number of carbonyl (C=O) groups is 1. The molecule has 0 radical (unpaired) electrons. The lowest BCUT2D eigenvalue weighted by molar-refractivity contribution is -0.355. The molecule has 4 unspecified atom stereocenters. The van der Waals surface area contributed by atoms with Crippen molar-refractivity contribution in [1.29, 1.82) is 0 Å². The van der Waals surface area contributed by atoms with Gasteiger partial charge in [-0.2, -0.15) is 0 Å².